The monoisotopic (exact) mass is 664 g/mol. The third-order valence-electron chi connectivity index (χ3n) is 12.1. The van der Waals surface area contributed by atoms with Gasteiger partial charge in [-0.25, -0.2) is 4.98 Å². The number of rotatable bonds is 11. The summed E-state index contributed by atoms with van der Waals surface area (Å²) in [7, 11) is 1.42. The summed E-state index contributed by atoms with van der Waals surface area (Å²) in [6.07, 6.45) is 11.5. The number of piperidine rings is 2. The molecule has 11 heteroatoms. The third kappa shape index (κ3) is 6.92. The highest BCUT2D eigenvalue weighted by molar-refractivity contribution is 5.77. The maximum Gasteiger partial charge on any atom is 0.316 e. The van der Waals surface area contributed by atoms with Crippen molar-refractivity contribution in [3.05, 3.63) is 30.2 Å². The number of fused-ring (bicyclic) bond motifs is 2. The minimum absolute atomic E-state index is 0.0718. The first-order valence-electron chi connectivity index (χ1n) is 18.5. The van der Waals surface area contributed by atoms with E-state index >= 15 is 0 Å². The molecule has 2 aromatic rings. The van der Waals surface area contributed by atoms with Crippen LogP contribution in [0.2, 0.25) is 0 Å². The van der Waals surface area contributed by atoms with Crippen molar-refractivity contribution in [2.75, 3.05) is 56.2 Å². The Morgan fingerprint density at radius 1 is 0.958 bits per heavy atom. The van der Waals surface area contributed by atoms with Crippen molar-refractivity contribution in [1.29, 1.82) is 0 Å². The fourth-order valence-electron chi connectivity index (χ4n) is 9.05. The topological polar surface area (TPSA) is 105 Å². The molecule has 3 atom stereocenters. The van der Waals surface area contributed by atoms with Crippen LogP contribution in [0.1, 0.15) is 90.7 Å². The minimum Gasteiger partial charge on any atom is -0.474 e. The lowest BCUT2D eigenvalue weighted by Gasteiger charge is -2.50. The second-order valence-corrected chi connectivity index (χ2v) is 15.7. The number of hydrogen-bond acceptors (Lipinski definition) is 11. The van der Waals surface area contributed by atoms with Crippen LogP contribution in [0.15, 0.2) is 28.9 Å². The Kier molecular flexibility index (Phi) is 9.91. The van der Waals surface area contributed by atoms with E-state index in [9.17, 15) is 4.79 Å². The normalized spacial score (nSPS) is 28.0. The minimum atomic E-state index is -0.434. The summed E-state index contributed by atoms with van der Waals surface area (Å²) in [6.45, 7) is 15.0. The van der Waals surface area contributed by atoms with Crippen LogP contribution < -0.4 is 19.9 Å². The van der Waals surface area contributed by atoms with Crippen LogP contribution in [0.3, 0.4) is 0 Å². The first-order chi connectivity index (χ1) is 23.2. The van der Waals surface area contributed by atoms with Crippen molar-refractivity contribution >= 4 is 17.5 Å². The molecule has 1 saturated carbocycles. The predicted octanol–water partition coefficient (Wildman–Crippen LogP) is 5.01. The highest BCUT2D eigenvalue weighted by atomic mass is 16.5. The van der Waals surface area contributed by atoms with Gasteiger partial charge in [0.2, 0.25) is 5.88 Å². The zero-order chi connectivity index (χ0) is 33.4. The lowest BCUT2D eigenvalue weighted by Crippen LogP contribution is -2.56. The van der Waals surface area contributed by atoms with Gasteiger partial charge in [0.1, 0.15) is 12.0 Å². The largest absolute Gasteiger partial charge is 0.474 e. The number of carbonyl (C=O) groups excluding carboxylic acids is 1. The molecule has 11 nitrogen and oxygen atoms in total. The predicted molar refractivity (Wildman–Crippen MR) is 185 cm³/mol. The van der Waals surface area contributed by atoms with E-state index in [0.29, 0.717) is 29.9 Å². The number of hydrogen-bond donors (Lipinski definition) is 1. The summed E-state index contributed by atoms with van der Waals surface area (Å²) in [4.78, 5) is 24.5. The van der Waals surface area contributed by atoms with E-state index in [1.54, 1.807) is 0 Å². The highest BCUT2D eigenvalue weighted by Gasteiger charge is 2.41. The fraction of sp³-hybridized carbons (Fsp3) is 0.757. The Balaban J connectivity index is 0.832. The van der Waals surface area contributed by atoms with Gasteiger partial charge in [-0.2, -0.15) is 0 Å². The Morgan fingerprint density at radius 2 is 1.67 bits per heavy atom. The van der Waals surface area contributed by atoms with E-state index in [1.165, 1.54) is 25.6 Å². The summed E-state index contributed by atoms with van der Waals surface area (Å²) >= 11 is 0. The van der Waals surface area contributed by atoms with Gasteiger partial charge in [0.25, 0.3) is 0 Å². The lowest BCUT2D eigenvalue weighted by atomic mass is 9.78. The number of nitrogens with one attached hydrogen (secondary N) is 1. The van der Waals surface area contributed by atoms with Crippen molar-refractivity contribution in [3.8, 4) is 5.88 Å². The average molecular weight is 665 g/mol. The van der Waals surface area contributed by atoms with Gasteiger partial charge < -0.3 is 33.9 Å². The molecule has 7 rings (SSSR count). The van der Waals surface area contributed by atoms with Gasteiger partial charge in [-0.3, -0.25) is 9.69 Å². The van der Waals surface area contributed by atoms with Crippen molar-refractivity contribution in [1.82, 2.24) is 20.4 Å². The van der Waals surface area contributed by atoms with E-state index in [1.807, 2.05) is 26.1 Å². The first-order valence-corrected chi connectivity index (χ1v) is 18.5. The lowest BCUT2D eigenvalue weighted by molar-refractivity contribution is -0.144. The van der Waals surface area contributed by atoms with Crippen molar-refractivity contribution in [2.45, 2.75) is 121 Å². The van der Waals surface area contributed by atoms with Gasteiger partial charge in [0.05, 0.1) is 19.3 Å². The van der Waals surface area contributed by atoms with E-state index < -0.39 is 5.92 Å². The number of anilines is 2. The Bertz CT molecular complexity index is 1360. The van der Waals surface area contributed by atoms with Crippen LogP contribution in [0.5, 0.6) is 5.88 Å². The summed E-state index contributed by atoms with van der Waals surface area (Å²) in [6, 6.07) is 7.39. The van der Waals surface area contributed by atoms with Gasteiger partial charge in [-0.15, -0.1) is 0 Å². The molecule has 4 saturated heterocycles. The molecular formula is C37H56N6O5. The maximum absolute atomic E-state index is 12.3. The molecule has 3 unspecified atom stereocenters. The zero-order valence-corrected chi connectivity index (χ0v) is 29.6. The van der Waals surface area contributed by atoms with Crippen LogP contribution in [0.4, 0.5) is 11.5 Å². The molecule has 0 radical (unpaired) electrons. The molecular weight excluding hydrogens is 608 g/mol. The van der Waals surface area contributed by atoms with Gasteiger partial charge in [0, 0.05) is 93.7 Å². The number of ether oxygens (including phenoxy) is 3. The van der Waals surface area contributed by atoms with E-state index in [2.05, 4.69) is 56.1 Å². The van der Waals surface area contributed by atoms with E-state index in [0.717, 1.165) is 89.5 Å². The molecule has 0 amide bonds. The quantitative estimate of drug-likeness (QED) is 0.328. The van der Waals surface area contributed by atoms with E-state index in [4.69, 9.17) is 18.7 Å². The molecule has 264 valence electrons. The molecule has 4 aliphatic heterocycles. The number of pyridine rings is 1. The van der Waals surface area contributed by atoms with Gasteiger partial charge in [-0.1, -0.05) is 19.0 Å². The molecule has 5 fully saturated rings. The summed E-state index contributed by atoms with van der Waals surface area (Å²) < 4.78 is 23.6. The number of esters is 1. The van der Waals surface area contributed by atoms with Crippen LogP contribution in [-0.4, -0.2) is 103 Å². The number of methoxy groups -OCH3 is 1. The molecule has 48 heavy (non-hydrogen) atoms. The Hall–Kier alpha value is -2.89. The molecule has 0 spiro atoms. The molecule has 6 heterocycles. The smallest absolute Gasteiger partial charge is 0.316 e. The molecule has 0 aromatic carbocycles. The molecule has 2 bridgehead atoms. The fourth-order valence-corrected chi connectivity index (χ4v) is 9.05. The number of nitrogens with zero attached hydrogens (tertiary/aromatic N) is 5. The summed E-state index contributed by atoms with van der Waals surface area (Å²) in [5.41, 5.74) is 1.38. The van der Waals surface area contributed by atoms with Gasteiger partial charge in [0.15, 0.2) is 11.6 Å². The van der Waals surface area contributed by atoms with Crippen LogP contribution in [0, 0.1) is 11.8 Å². The van der Waals surface area contributed by atoms with Crippen LogP contribution >= 0.6 is 0 Å². The molecule has 1 aliphatic carbocycles. The number of aromatic nitrogens is 2. The maximum atomic E-state index is 12.3. The molecule has 1 N–H and O–H groups in total. The van der Waals surface area contributed by atoms with Crippen molar-refractivity contribution in [3.63, 3.8) is 0 Å². The number of carbonyl (C=O) groups is 1. The molecule has 5 aliphatic rings. The summed E-state index contributed by atoms with van der Waals surface area (Å²) in [5, 5.41) is 7.91. The highest BCUT2D eigenvalue weighted by Crippen LogP contribution is 2.39. The average Bonchev–Trinajstić information content (AvgIpc) is 3.65. The van der Waals surface area contributed by atoms with E-state index in [-0.39, 0.29) is 29.6 Å². The Labute approximate surface area is 286 Å². The zero-order valence-electron chi connectivity index (χ0n) is 29.6. The Morgan fingerprint density at radius 3 is 2.33 bits per heavy atom. The standard InChI is InChI=1S/C37H56N6O5/c1-24(2)35(36(44)45-5)32-21-33(40-48-32)41-14-9-25(10-15-41)37(3,4)42-16-11-29(12-17-42)46-30-19-31(20-30)47-34-18-26(8-13-39-34)43-27-6-7-28(43)23-38-22-27/h8,13,18,21,24-25,27-31,35,38H,6-7,9-12,14-17,19-20,22-23H2,1-5H3. The van der Waals surface area contributed by atoms with Gasteiger partial charge >= 0.3 is 5.97 Å². The van der Waals surface area contributed by atoms with Crippen molar-refractivity contribution in [2.24, 2.45) is 11.8 Å². The van der Waals surface area contributed by atoms with Gasteiger partial charge in [-0.05, 0) is 70.3 Å². The number of piperazine rings is 1. The molecule has 2 aromatic heterocycles. The number of likely N-dealkylation sites (tertiary alicyclic amines) is 1. The van der Waals surface area contributed by atoms with Crippen molar-refractivity contribution < 1.29 is 23.5 Å². The SMILES string of the molecule is COC(=O)C(c1cc(N2CCC(C(C)(C)N3CCC(OC4CC(Oc5cc(N6C7CCC6CNC7)ccn5)C4)CC3)CC2)no1)C(C)C. The van der Waals surface area contributed by atoms with Crippen LogP contribution in [-0.2, 0) is 14.3 Å². The second-order valence-electron chi connectivity index (χ2n) is 15.7. The first kappa shape index (κ1) is 33.6. The third-order valence-corrected chi connectivity index (χ3v) is 12.1. The summed E-state index contributed by atoms with van der Waals surface area (Å²) in [5.74, 6) is 2.13. The van der Waals surface area contributed by atoms with Crippen LogP contribution in [0.25, 0.3) is 0 Å². The second kappa shape index (κ2) is 14.2.